The van der Waals surface area contributed by atoms with E-state index in [1.165, 1.54) is 16.7 Å². The Labute approximate surface area is 291 Å². The van der Waals surface area contributed by atoms with Gasteiger partial charge in [-0.2, -0.15) is 0 Å². The average Bonchev–Trinajstić information content (AvgIpc) is 3.21. The highest BCUT2D eigenvalue weighted by molar-refractivity contribution is 5.90. The van der Waals surface area contributed by atoms with Crippen LogP contribution in [0.15, 0.2) is 176 Å². The molecule has 1 aliphatic heterocycles. The van der Waals surface area contributed by atoms with E-state index in [4.69, 9.17) is 19.7 Å². The molecule has 0 unspecified atom stereocenters. The fourth-order valence-electron chi connectivity index (χ4n) is 6.69. The molecule has 0 saturated carbocycles. The van der Waals surface area contributed by atoms with Gasteiger partial charge in [0.25, 0.3) is 0 Å². The predicted molar refractivity (Wildman–Crippen MR) is 202 cm³/mol. The van der Waals surface area contributed by atoms with Crippen LogP contribution in [0, 0.1) is 0 Å². The minimum Gasteiger partial charge on any atom is -0.488 e. The fraction of sp³-hybridized carbons (Fsp3) is 0.0217. The van der Waals surface area contributed by atoms with Gasteiger partial charge in [0.1, 0.15) is 12.4 Å². The molecular weight excluding hydrogens is 611 g/mol. The first-order valence-electron chi connectivity index (χ1n) is 16.8. The minimum atomic E-state index is 0.582. The van der Waals surface area contributed by atoms with Gasteiger partial charge in [0.05, 0.1) is 0 Å². The van der Waals surface area contributed by atoms with Gasteiger partial charge in [0, 0.05) is 22.3 Å². The van der Waals surface area contributed by atoms with Crippen LogP contribution in [0.25, 0.3) is 78.7 Å². The molecule has 0 spiro atoms. The van der Waals surface area contributed by atoms with Crippen LogP contribution in [0.4, 0.5) is 0 Å². The smallest absolute Gasteiger partial charge is 0.164 e. The van der Waals surface area contributed by atoms with Gasteiger partial charge in [0.2, 0.25) is 0 Å². The summed E-state index contributed by atoms with van der Waals surface area (Å²) < 4.78 is 6.16. The molecule has 0 saturated heterocycles. The molecule has 0 fully saturated rings. The monoisotopic (exact) mass is 641 g/mol. The van der Waals surface area contributed by atoms with Crippen LogP contribution >= 0.6 is 0 Å². The van der Waals surface area contributed by atoms with E-state index in [0.717, 1.165) is 55.8 Å². The van der Waals surface area contributed by atoms with Crippen LogP contribution in [-0.4, -0.2) is 15.0 Å². The predicted octanol–water partition coefficient (Wildman–Crippen LogP) is 11.4. The molecule has 0 aliphatic carbocycles. The molecule has 9 rings (SSSR count). The summed E-state index contributed by atoms with van der Waals surface area (Å²) in [5, 5.41) is 0. The summed E-state index contributed by atoms with van der Waals surface area (Å²) in [7, 11) is 0. The van der Waals surface area contributed by atoms with Gasteiger partial charge in [0.15, 0.2) is 17.5 Å². The average molecular weight is 642 g/mol. The van der Waals surface area contributed by atoms with Crippen molar-refractivity contribution in [1.29, 1.82) is 0 Å². The molecule has 4 heteroatoms. The van der Waals surface area contributed by atoms with Gasteiger partial charge in [-0.1, -0.05) is 164 Å². The Kier molecular flexibility index (Phi) is 7.52. The highest BCUT2D eigenvalue weighted by Gasteiger charge is 2.21. The largest absolute Gasteiger partial charge is 0.488 e. The third-order valence-electron chi connectivity index (χ3n) is 9.26. The molecule has 7 aromatic carbocycles. The maximum atomic E-state index is 6.16. The van der Waals surface area contributed by atoms with Crippen LogP contribution in [0.1, 0.15) is 5.56 Å². The van der Waals surface area contributed by atoms with E-state index in [1.54, 1.807) is 0 Å². The van der Waals surface area contributed by atoms with Crippen LogP contribution in [-0.2, 0) is 6.61 Å². The summed E-state index contributed by atoms with van der Waals surface area (Å²) in [6, 6.07) is 60.9. The van der Waals surface area contributed by atoms with Crippen molar-refractivity contribution in [2.24, 2.45) is 0 Å². The molecule has 1 aliphatic rings. The highest BCUT2D eigenvalue weighted by Crippen LogP contribution is 2.44. The Morgan fingerprint density at radius 3 is 1.48 bits per heavy atom. The number of fused-ring (bicyclic) bond motifs is 3. The third-order valence-corrected chi connectivity index (χ3v) is 9.26. The summed E-state index contributed by atoms with van der Waals surface area (Å²) >= 11 is 0. The Morgan fingerprint density at radius 1 is 0.340 bits per heavy atom. The molecule has 0 atom stereocenters. The van der Waals surface area contributed by atoms with Gasteiger partial charge in [-0.15, -0.1) is 0 Å². The van der Waals surface area contributed by atoms with Crippen molar-refractivity contribution in [3.63, 3.8) is 0 Å². The summed E-state index contributed by atoms with van der Waals surface area (Å²) in [4.78, 5) is 15.1. The number of rotatable bonds is 6. The van der Waals surface area contributed by atoms with Crippen LogP contribution < -0.4 is 4.74 Å². The number of ether oxygens (including phenoxy) is 1. The van der Waals surface area contributed by atoms with Gasteiger partial charge in [-0.3, -0.25) is 0 Å². The molecule has 0 bridgehead atoms. The second-order valence-corrected chi connectivity index (χ2v) is 12.4. The van der Waals surface area contributed by atoms with Crippen LogP contribution in [0.5, 0.6) is 5.75 Å². The van der Waals surface area contributed by atoms with E-state index < -0.39 is 0 Å². The zero-order chi connectivity index (χ0) is 33.3. The van der Waals surface area contributed by atoms with Crippen molar-refractivity contribution in [2.75, 3.05) is 0 Å². The Morgan fingerprint density at radius 2 is 0.800 bits per heavy atom. The van der Waals surface area contributed by atoms with E-state index in [2.05, 4.69) is 164 Å². The highest BCUT2D eigenvalue weighted by atomic mass is 16.5. The normalized spacial score (nSPS) is 11.7. The standard InChI is InChI=1S/C46H31N3O/c1-3-11-31(12-4-1)33-21-25-35(26-22-33)44-47-45(49-46(48-44)38-17-9-16-37(29-38)32-13-5-2-6-14-32)36-27-23-34(24-28-36)40-19-10-20-42-43(40)41-18-8-7-15-39(41)30-50-42/h1-29H,30H2. The first-order chi connectivity index (χ1) is 24.8. The lowest BCUT2D eigenvalue weighted by Gasteiger charge is -2.23. The first kappa shape index (κ1) is 29.5. The van der Waals surface area contributed by atoms with Crippen LogP contribution in [0.3, 0.4) is 0 Å². The summed E-state index contributed by atoms with van der Waals surface area (Å²) in [5.41, 5.74) is 13.1. The molecule has 0 amide bonds. The van der Waals surface area contributed by atoms with E-state index in [1.807, 2.05) is 12.1 Å². The van der Waals surface area contributed by atoms with Gasteiger partial charge in [-0.25, -0.2) is 15.0 Å². The number of benzene rings is 7. The SMILES string of the molecule is c1ccc(-c2ccc(-c3nc(-c4ccc(-c5cccc6c5-c5ccccc5CO6)cc4)nc(-c4cccc(-c5ccccc5)c4)n3)cc2)cc1. The van der Waals surface area contributed by atoms with E-state index in [-0.39, 0.29) is 0 Å². The maximum Gasteiger partial charge on any atom is 0.164 e. The molecule has 8 aromatic rings. The second kappa shape index (κ2) is 12.8. The van der Waals surface area contributed by atoms with Gasteiger partial charge >= 0.3 is 0 Å². The summed E-state index contributed by atoms with van der Waals surface area (Å²) in [6.45, 7) is 0.582. The van der Waals surface area contributed by atoms with Gasteiger partial charge in [-0.05, 0) is 56.6 Å². The lowest BCUT2D eigenvalue weighted by Crippen LogP contribution is -2.06. The Balaban J connectivity index is 1.13. The number of nitrogens with zero attached hydrogens (tertiary/aromatic N) is 3. The van der Waals surface area contributed by atoms with E-state index in [9.17, 15) is 0 Å². The first-order valence-corrected chi connectivity index (χ1v) is 16.8. The van der Waals surface area contributed by atoms with Crippen molar-refractivity contribution in [2.45, 2.75) is 6.61 Å². The fourth-order valence-corrected chi connectivity index (χ4v) is 6.69. The summed E-state index contributed by atoms with van der Waals surface area (Å²) in [5.74, 6) is 2.79. The molecule has 0 radical (unpaired) electrons. The Hall–Kier alpha value is -6.65. The van der Waals surface area contributed by atoms with Crippen molar-refractivity contribution in [1.82, 2.24) is 15.0 Å². The van der Waals surface area contributed by atoms with E-state index in [0.29, 0.717) is 24.1 Å². The second-order valence-electron chi connectivity index (χ2n) is 12.4. The molecular formula is C46H31N3O. The lowest BCUT2D eigenvalue weighted by atomic mass is 9.89. The number of hydrogen-bond donors (Lipinski definition) is 0. The molecule has 2 heterocycles. The molecule has 236 valence electrons. The van der Waals surface area contributed by atoms with Crippen molar-refractivity contribution in [3.05, 3.63) is 181 Å². The third kappa shape index (κ3) is 5.63. The zero-order valence-electron chi connectivity index (χ0n) is 27.2. The molecule has 4 nitrogen and oxygen atoms in total. The minimum absolute atomic E-state index is 0.582. The van der Waals surface area contributed by atoms with Crippen LogP contribution in [0.2, 0.25) is 0 Å². The quantitative estimate of drug-likeness (QED) is 0.181. The lowest BCUT2D eigenvalue weighted by molar-refractivity contribution is 0.302. The Bertz CT molecular complexity index is 2460. The number of aromatic nitrogens is 3. The van der Waals surface area contributed by atoms with Crippen molar-refractivity contribution < 1.29 is 4.74 Å². The molecule has 50 heavy (non-hydrogen) atoms. The topological polar surface area (TPSA) is 47.9 Å². The van der Waals surface area contributed by atoms with Gasteiger partial charge < -0.3 is 4.74 Å². The summed E-state index contributed by atoms with van der Waals surface area (Å²) in [6.07, 6.45) is 0. The molecule has 0 N–H and O–H groups in total. The van der Waals surface area contributed by atoms with Crippen molar-refractivity contribution in [3.8, 4) is 84.4 Å². The zero-order valence-corrected chi connectivity index (χ0v) is 27.2. The maximum absolute atomic E-state index is 6.16. The van der Waals surface area contributed by atoms with E-state index >= 15 is 0 Å². The van der Waals surface area contributed by atoms with Crippen molar-refractivity contribution >= 4 is 0 Å². The molecule has 1 aromatic heterocycles. The number of hydrogen-bond acceptors (Lipinski definition) is 4.